The SMILES string of the molecule is COC(C)C(=O)c1nc(Cl)cn1N. The van der Waals surface area contributed by atoms with E-state index in [9.17, 15) is 4.79 Å². The van der Waals surface area contributed by atoms with Crippen LogP contribution in [0.5, 0.6) is 0 Å². The third-order valence-electron chi connectivity index (χ3n) is 1.65. The summed E-state index contributed by atoms with van der Waals surface area (Å²) in [6, 6.07) is 0. The lowest BCUT2D eigenvalue weighted by Crippen LogP contribution is -2.25. The van der Waals surface area contributed by atoms with Crippen LogP contribution < -0.4 is 5.84 Å². The summed E-state index contributed by atoms with van der Waals surface area (Å²) in [5.74, 6) is 5.23. The van der Waals surface area contributed by atoms with Crippen LogP contribution in [0.1, 0.15) is 17.5 Å². The Labute approximate surface area is 80.4 Å². The quantitative estimate of drug-likeness (QED) is 0.573. The van der Waals surface area contributed by atoms with Crippen LogP contribution in [-0.4, -0.2) is 28.7 Å². The lowest BCUT2D eigenvalue weighted by Gasteiger charge is -2.06. The van der Waals surface area contributed by atoms with Gasteiger partial charge in [0.1, 0.15) is 11.3 Å². The molecule has 0 radical (unpaired) electrons. The van der Waals surface area contributed by atoms with Crippen molar-refractivity contribution >= 4 is 17.4 Å². The van der Waals surface area contributed by atoms with Gasteiger partial charge >= 0.3 is 0 Å². The number of ether oxygens (including phenoxy) is 1. The summed E-state index contributed by atoms with van der Waals surface area (Å²) in [5, 5.41) is 0.189. The van der Waals surface area contributed by atoms with E-state index in [-0.39, 0.29) is 16.8 Å². The van der Waals surface area contributed by atoms with Crippen LogP contribution in [0.4, 0.5) is 0 Å². The van der Waals surface area contributed by atoms with Gasteiger partial charge in [-0.15, -0.1) is 0 Å². The molecule has 0 saturated heterocycles. The number of nitrogens with zero attached hydrogens (tertiary/aromatic N) is 2. The van der Waals surface area contributed by atoms with Gasteiger partial charge in [0, 0.05) is 7.11 Å². The third kappa shape index (κ3) is 1.99. The number of ketones is 1. The Hall–Kier alpha value is -1.07. The summed E-state index contributed by atoms with van der Waals surface area (Å²) in [5.41, 5.74) is 0. The summed E-state index contributed by atoms with van der Waals surface area (Å²) in [6.07, 6.45) is 0.790. The average molecular weight is 204 g/mol. The standard InChI is InChI=1S/C7H10ClN3O2/c1-4(13-2)6(12)7-10-5(8)3-11(7)9/h3-4H,9H2,1-2H3. The molecular formula is C7H10ClN3O2. The van der Waals surface area contributed by atoms with Crippen molar-refractivity contribution < 1.29 is 9.53 Å². The third-order valence-corrected chi connectivity index (χ3v) is 1.83. The van der Waals surface area contributed by atoms with E-state index in [4.69, 9.17) is 22.2 Å². The molecule has 6 heteroatoms. The summed E-state index contributed by atoms with van der Waals surface area (Å²) in [6.45, 7) is 1.62. The van der Waals surface area contributed by atoms with Gasteiger partial charge in [-0.1, -0.05) is 11.6 Å². The fourth-order valence-corrected chi connectivity index (χ4v) is 1.02. The lowest BCUT2D eigenvalue weighted by molar-refractivity contribution is 0.0642. The highest BCUT2D eigenvalue weighted by atomic mass is 35.5. The molecule has 1 unspecified atom stereocenters. The van der Waals surface area contributed by atoms with E-state index in [1.165, 1.54) is 13.3 Å². The molecule has 0 fully saturated rings. The predicted molar refractivity (Wildman–Crippen MR) is 48.2 cm³/mol. The topological polar surface area (TPSA) is 70.1 Å². The van der Waals surface area contributed by atoms with Crippen LogP contribution in [0.3, 0.4) is 0 Å². The first-order valence-electron chi connectivity index (χ1n) is 3.63. The first-order chi connectivity index (χ1) is 6.06. The Balaban J connectivity index is 2.94. The highest BCUT2D eigenvalue weighted by Gasteiger charge is 2.20. The molecule has 13 heavy (non-hydrogen) atoms. The van der Waals surface area contributed by atoms with Gasteiger partial charge in [-0.05, 0) is 6.92 Å². The van der Waals surface area contributed by atoms with Crippen LogP contribution in [0.15, 0.2) is 6.20 Å². The molecule has 1 rings (SSSR count). The van der Waals surface area contributed by atoms with Crippen molar-refractivity contribution in [1.29, 1.82) is 0 Å². The Bertz CT molecular complexity index is 324. The normalized spacial score (nSPS) is 12.8. The summed E-state index contributed by atoms with van der Waals surface area (Å²) in [4.78, 5) is 15.2. The van der Waals surface area contributed by atoms with Crippen LogP contribution in [0.25, 0.3) is 0 Å². The van der Waals surface area contributed by atoms with Crippen molar-refractivity contribution in [3.8, 4) is 0 Å². The number of methoxy groups -OCH3 is 1. The average Bonchev–Trinajstić information content (AvgIpc) is 2.42. The van der Waals surface area contributed by atoms with Crippen LogP contribution in [0, 0.1) is 0 Å². The molecule has 1 aromatic rings. The molecule has 0 aliphatic heterocycles. The molecule has 72 valence electrons. The van der Waals surface area contributed by atoms with Crippen molar-refractivity contribution in [1.82, 2.24) is 9.66 Å². The number of carbonyl (C=O) groups is 1. The summed E-state index contributed by atoms with van der Waals surface area (Å²) in [7, 11) is 1.44. The molecule has 1 atom stereocenters. The second-order valence-electron chi connectivity index (χ2n) is 2.54. The Morgan fingerprint density at radius 1 is 1.85 bits per heavy atom. The van der Waals surface area contributed by atoms with Crippen molar-refractivity contribution in [3.05, 3.63) is 17.2 Å². The zero-order valence-corrected chi connectivity index (χ0v) is 8.08. The Morgan fingerprint density at radius 3 is 2.85 bits per heavy atom. The zero-order chi connectivity index (χ0) is 10.0. The fourth-order valence-electron chi connectivity index (χ4n) is 0.835. The van der Waals surface area contributed by atoms with E-state index in [1.54, 1.807) is 6.92 Å². The van der Waals surface area contributed by atoms with E-state index < -0.39 is 6.10 Å². The Morgan fingerprint density at radius 2 is 2.46 bits per heavy atom. The minimum absolute atomic E-state index is 0.0966. The molecule has 0 amide bonds. The summed E-state index contributed by atoms with van der Waals surface area (Å²) >= 11 is 5.55. The molecule has 0 aliphatic rings. The minimum Gasteiger partial charge on any atom is -0.373 e. The first-order valence-corrected chi connectivity index (χ1v) is 4.01. The van der Waals surface area contributed by atoms with Gasteiger partial charge in [0.25, 0.3) is 0 Å². The second-order valence-corrected chi connectivity index (χ2v) is 2.92. The number of nitrogens with two attached hydrogens (primary N) is 1. The molecule has 5 nitrogen and oxygen atoms in total. The predicted octanol–water partition coefficient (Wildman–Crippen LogP) is 0.468. The van der Waals surface area contributed by atoms with E-state index in [0.717, 1.165) is 4.68 Å². The second kappa shape index (κ2) is 3.76. The molecule has 0 aromatic carbocycles. The number of hydrogen-bond donors (Lipinski definition) is 1. The Kier molecular flexibility index (Phi) is 2.90. The van der Waals surface area contributed by atoms with Crippen LogP contribution >= 0.6 is 11.6 Å². The van der Waals surface area contributed by atoms with Crippen molar-refractivity contribution in [2.75, 3.05) is 13.0 Å². The summed E-state index contributed by atoms with van der Waals surface area (Å²) < 4.78 is 5.91. The molecule has 1 aromatic heterocycles. The monoisotopic (exact) mass is 203 g/mol. The highest BCUT2D eigenvalue weighted by molar-refractivity contribution is 6.29. The molecule has 2 N–H and O–H groups in total. The number of imidazole rings is 1. The molecular weight excluding hydrogens is 194 g/mol. The van der Waals surface area contributed by atoms with Gasteiger partial charge in [-0.25, -0.2) is 9.66 Å². The first kappa shape index (κ1) is 10.0. The van der Waals surface area contributed by atoms with Crippen molar-refractivity contribution in [2.45, 2.75) is 13.0 Å². The number of nitrogen functional groups attached to an aromatic ring is 1. The van der Waals surface area contributed by atoms with Gasteiger partial charge in [0.2, 0.25) is 5.78 Å². The number of halogens is 1. The maximum absolute atomic E-state index is 11.5. The van der Waals surface area contributed by atoms with Gasteiger partial charge in [-0.2, -0.15) is 0 Å². The van der Waals surface area contributed by atoms with E-state index in [2.05, 4.69) is 4.98 Å². The maximum Gasteiger partial charge on any atom is 0.228 e. The van der Waals surface area contributed by atoms with Crippen LogP contribution in [0.2, 0.25) is 5.15 Å². The van der Waals surface area contributed by atoms with Crippen LogP contribution in [-0.2, 0) is 4.74 Å². The number of aromatic nitrogens is 2. The highest BCUT2D eigenvalue weighted by Crippen LogP contribution is 2.08. The fraction of sp³-hybridized carbons (Fsp3) is 0.429. The molecule has 0 spiro atoms. The van der Waals surface area contributed by atoms with Crippen molar-refractivity contribution in [2.24, 2.45) is 0 Å². The smallest absolute Gasteiger partial charge is 0.228 e. The minimum atomic E-state index is -0.569. The number of carbonyl (C=O) groups excluding carboxylic acids is 1. The molecule has 0 bridgehead atoms. The van der Waals surface area contributed by atoms with Gasteiger partial charge in [0.15, 0.2) is 5.82 Å². The van der Waals surface area contributed by atoms with E-state index in [0.29, 0.717) is 0 Å². The van der Waals surface area contributed by atoms with Gasteiger partial charge in [0.05, 0.1) is 6.20 Å². The maximum atomic E-state index is 11.5. The zero-order valence-electron chi connectivity index (χ0n) is 7.32. The molecule has 0 saturated carbocycles. The lowest BCUT2D eigenvalue weighted by atomic mass is 10.2. The molecule has 1 heterocycles. The van der Waals surface area contributed by atoms with Gasteiger partial charge < -0.3 is 10.6 Å². The number of hydrogen-bond acceptors (Lipinski definition) is 4. The molecule has 0 aliphatic carbocycles. The van der Waals surface area contributed by atoms with E-state index in [1.807, 2.05) is 0 Å². The van der Waals surface area contributed by atoms with E-state index >= 15 is 0 Å². The van der Waals surface area contributed by atoms with Gasteiger partial charge in [-0.3, -0.25) is 4.79 Å². The van der Waals surface area contributed by atoms with Crippen molar-refractivity contribution in [3.63, 3.8) is 0 Å². The largest absolute Gasteiger partial charge is 0.373 e. The number of rotatable bonds is 3. The number of Topliss-reactive ketones (excluding diaryl/α,β-unsaturated/α-hetero) is 1.